The van der Waals surface area contributed by atoms with E-state index >= 15 is 0 Å². The number of fused-ring (bicyclic) bond motifs is 2. The van der Waals surface area contributed by atoms with Crippen molar-refractivity contribution in [3.8, 4) is 0 Å². The molecule has 0 aliphatic carbocycles. The number of esters is 1. The second kappa shape index (κ2) is 20.6. The van der Waals surface area contributed by atoms with Crippen LogP contribution in [0.4, 0.5) is 20.1 Å². The first-order chi connectivity index (χ1) is 30.8. The topological polar surface area (TPSA) is 203 Å². The van der Waals surface area contributed by atoms with Crippen molar-refractivity contribution in [2.45, 2.75) is 96.6 Å². The number of nitrogens with zero attached hydrogens (tertiary/aromatic N) is 6. The average molecular weight is 890 g/mol. The molecule has 7 rings (SSSR count). The molecule has 346 valence electrons. The van der Waals surface area contributed by atoms with Gasteiger partial charge >= 0.3 is 30.0 Å². The number of rotatable bonds is 12. The Morgan fingerprint density at radius 3 is 2.22 bits per heavy atom. The molecule has 5 amide bonds. The third-order valence-electron chi connectivity index (χ3n) is 12.7. The predicted molar refractivity (Wildman–Crippen MR) is 231 cm³/mol. The highest BCUT2D eigenvalue weighted by Crippen LogP contribution is 2.27. The number of oxazole rings is 1. The van der Waals surface area contributed by atoms with Gasteiger partial charge in [-0.05, 0) is 74.8 Å². The van der Waals surface area contributed by atoms with Crippen LogP contribution in [0.25, 0.3) is 11.1 Å². The lowest BCUT2D eigenvalue weighted by atomic mass is 10.0. The van der Waals surface area contributed by atoms with Crippen LogP contribution >= 0.6 is 0 Å². The van der Waals surface area contributed by atoms with Crippen molar-refractivity contribution in [2.75, 3.05) is 70.8 Å². The molecule has 1 unspecified atom stereocenters. The van der Waals surface area contributed by atoms with Crippen LogP contribution in [0.5, 0.6) is 0 Å². The molecule has 5 heterocycles. The Labute approximate surface area is 371 Å². The van der Waals surface area contributed by atoms with E-state index in [1.807, 2.05) is 42.2 Å². The van der Waals surface area contributed by atoms with E-state index in [0.29, 0.717) is 88.4 Å². The summed E-state index contributed by atoms with van der Waals surface area (Å²) in [6.07, 6.45) is -0.570. The van der Waals surface area contributed by atoms with Gasteiger partial charge in [0, 0.05) is 103 Å². The van der Waals surface area contributed by atoms with Gasteiger partial charge in [-0.25, -0.2) is 19.2 Å². The van der Waals surface area contributed by atoms with Gasteiger partial charge in [0.25, 0.3) is 5.91 Å². The molecular formula is C45H59N7O12. The summed E-state index contributed by atoms with van der Waals surface area (Å²) in [5, 5.41) is 3.03. The molecule has 0 bridgehead atoms. The zero-order valence-corrected chi connectivity index (χ0v) is 37.1. The second-order valence-corrected chi connectivity index (χ2v) is 16.8. The molecule has 4 aliphatic heterocycles. The number of aromatic nitrogens is 1. The highest BCUT2D eigenvalue weighted by Gasteiger charge is 2.37. The van der Waals surface area contributed by atoms with E-state index in [-0.39, 0.29) is 55.8 Å². The zero-order valence-electron chi connectivity index (χ0n) is 37.1. The third-order valence-corrected chi connectivity index (χ3v) is 12.7. The number of aryl methyl sites for hydroxylation is 2. The Hall–Kier alpha value is -6.11. The van der Waals surface area contributed by atoms with Crippen molar-refractivity contribution in [3.05, 3.63) is 63.6 Å². The number of benzene rings is 2. The summed E-state index contributed by atoms with van der Waals surface area (Å²) in [7, 11) is 1.64. The van der Waals surface area contributed by atoms with E-state index in [1.165, 1.54) is 11.5 Å². The summed E-state index contributed by atoms with van der Waals surface area (Å²) in [4.78, 5) is 99.7. The minimum Gasteiger partial charge on any atom is -0.436 e. The monoisotopic (exact) mass is 889 g/mol. The van der Waals surface area contributed by atoms with E-state index in [9.17, 15) is 33.6 Å². The first-order valence-electron chi connectivity index (χ1n) is 22.3. The highest BCUT2D eigenvalue weighted by atomic mass is 16.8. The second-order valence-electron chi connectivity index (χ2n) is 16.8. The molecule has 0 spiro atoms. The maximum atomic E-state index is 14.4. The fourth-order valence-electron chi connectivity index (χ4n) is 9.30. The van der Waals surface area contributed by atoms with Crippen LogP contribution in [0.15, 0.2) is 45.6 Å². The van der Waals surface area contributed by atoms with Crippen molar-refractivity contribution in [2.24, 2.45) is 7.05 Å². The number of carbonyl (C=O) groups is 6. The predicted octanol–water partition coefficient (Wildman–Crippen LogP) is 4.02. The lowest BCUT2D eigenvalue weighted by Gasteiger charge is -2.43. The van der Waals surface area contributed by atoms with Gasteiger partial charge in [-0.3, -0.25) is 23.9 Å². The number of para-hydroxylation sites is 1. The summed E-state index contributed by atoms with van der Waals surface area (Å²) in [6.45, 7) is 9.42. The zero-order chi connectivity index (χ0) is 45.5. The fourth-order valence-corrected chi connectivity index (χ4v) is 9.30. The average Bonchev–Trinajstić information content (AvgIpc) is 3.46. The van der Waals surface area contributed by atoms with Crippen LogP contribution in [-0.4, -0.2) is 155 Å². The lowest BCUT2D eigenvalue weighted by Crippen LogP contribution is -2.57. The molecule has 4 aliphatic rings. The van der Waals surface area contributed by atoms with Gasteiger partial charge in [0.15, 0.2) is 11.7 Å². The summed E-state index contributed by atoms with van der Waals surface area (Å²) < 4.78 is 27.6. The van der Waals surface area contributed by atoms with Crippen molar-refractivity contribution in [1.82, 2.24) is 29.1 Å². The van der Waals surface area contributed by atoms with E-state index in [1.54, 1.807) is 34.7 Å². The number of carbonyl (C=O) groups excluding carboxylic acids is 6. The number of amides is 5. The molecule has 0 saturated carbocycles. The molecule has 1 aromatic heterocycles. The molecule has 19 heteroatoms. The first-order valence-corrected chi connectivity index (χ1v) is 22.3. The Bertz CT molecular complexity index is 2250. The molecule has 0 radical (unpaired) electrons. The quantitative estimate of drug-likeness (QED) is 0.155. The van der Waals surface area contributed by atoms with Crippen LogP contribution in [0.1, 0.15) is 69.1 Å². The molecule has 3 aromatic rings. The minimum atomic E-state index is -1.14. The Balaban J connectivity index is 0.921. The van der Waals surface area contributed by atoms with Gasteiger partial charge in [-0.2, -0.15) is 0 Å². The lowest BCUT2D eigenvalue weighted by molar-refractivity contribution is -0.168. The number of hydrogen-bond acceptors (Lipinski definition) is 13. The number of nitrogens with one attached hydrogen (secondary N) is 1. The molecule has 3 saturated heterocycles. The van der Waals surface area contributed by atoms with Crippen LogP contribution < -0.4 is 11.1 Å². The number of hydrogen-bond donors (Lipinski definition) is 1. The minimum absolute atomic E-state index is 0.0272. The molecule has 3 fully saturated rings. The van der Waals surface area contributed by atoms with E-state index in [0.717, 1.165) is 36.1 Å². The fraction of sp³-hybridized carbons (Fsp3) is 0.578. The van der Waals surface area contributed by atoms with E-state index < -0.39 is 36.4 Å². The van der Waals surface area contributed by atoms with Crippen LogP contribution in [0.3, 0.4) is 0 Å². The standard InChI is InChI=1S/C45H59N7O12/c1-5-60-45(59)62-30(3)61-39(54)11-10-38(53)49-17-13-33(14-18-49)48-22-24-50(25-23-48)41(55)37(28-31-26-29(2)40-36(27-31)63-43(57)47(40)4)64-44(58)51-19-15-34(16-20-51)52-21-12-32-8-6-7-9-35(32)46-42(52)56/h6-9,26-27,30,33-34,37H,5,10-25,28H2,1-4H3,(H,46,56)/t30?,37-/m1/s1. The summed E-state index contributed by atoms with van der Waals surface area (Å²) in [5.41, 5.74) is 4.42. The van der Waals surface area contributed by atoms with Gasteiger partial charge in [0.2, 0.25) is 12.2 Å². The summed E-state index contributed by atoms with van der Waals surface area (Å²) >= 11 is 0. The number of anilines is 1. The third kappa shape index (κ3) is 11.0. The maximum absolute atomic E-state index is 14.4. The number of piperidine rings is 2. The SMILES string of the molecule is CCOC(=O)OC(C)OC(=O)CCC(=O)N1CCC(N2CCN(C(=O)[C@@H](Cc3cc(C)c4c(c3)oc(=O)n4C)OC(=O)N3CCC(N4CCc5ccccc5NC4=O)CC3)CC2)CC1. The van der Waals surface area contributed by atoms with Crippen LogP contribution in [0, 0.1) is 6.92 Å². The number of ether oxygens (including phenoxy) is 4. The smallest absolute Gasteiger partial charge is 0.436 e. The number of urea groups is 1. The Morgan fingerprint density at radius 2 is 1.50 bits per heavy atom. The normalized spacial score (nSPS) is 18.7. The van der Waals surface area contributed by atoms with Crippen molar-refractivity contribution < 1.29 is 52.1 Å². The highest BCUT2D eigenvalue weighted by molar-refractivity contribution is 5.91. The van der Waals surface area contributed by atoms with Crippen molar-refractivity contribution in [1.29, 1.82) is 0 Å². The first kappa shape index (κ1) is 45.9. The maximum Gasteiger partial charge on any atom is 0.511 e. The number of likely N-dealkylation sites (tertiary alicyclic amines) is 2. The molecule has 2 aromatic carbocycles. The van der Waals surface area contributed by atoms with Gasteiger partial charge in [-0.15, -0.1) is 0 Å². The van der Waals surface area contributed by atoms with Gasteiger partial charge in [-0.1, -0.05) is 24.3 Å². The van der Waals surface area contributed by atoms with Crippen molar-refractivity contribution in [3.63, 3.8) is 0 Å². The van der Waals surface area contributed by atoms with E-state index in [4.69, 9.17) is 18.6 Å². The van der Waals surface area contributed by atoms with Gasteiger partial charge < -0.3 is 48.3 Å². The molecule has 19 nitrogen and oxygen atoms in total. The molecule has 64 heavy (non-hydrogen) atoms. The van der Waals surface area contributed by atoms with Gasteiger partial charge in [0.05, 0.1) is 18.5 Å². The summed E-state index contributed by atoms with van der Waals surface area (Å²) in [5.74, 6) is -1.62. The largest absolute Gasteiger partial charge is 0.511 e. The summed E-state index contributed by atoms with van der Waals surface area (Å²) in [6, 6.07) is 11.4. The van der Waals surface area contributed by atoms with Gasteiger partial charge in [0.1, 0.15) is 0 Å². The number of piperazine rings is 1. The van der Waals surface area contributed by atoms with Crippen LogP contribution in [0.2, 0.25) is 0 Å². The Morgan fingerprint density at radius 1 is 0.812 bits per heavy atom. The molecular weight excluding hydrogens is 831 g/mol. The molecule has 1 N–H and O–H groups in total. The molecule has 2 atom stereocenters. The Kier molecular flexibility index (Phi) is 14.8. The van der Waals surface area contributed by atoms with Crippen LogP contribution in [-0.2, 0) is 53.2 Å². The van der Waals surface area contributed by atoms with E-state index in [2.05, 4.69) is 15.0 Å². The van der Waals surface area contributed by atoms with Crippen molar-refractivity contribution >= 4 is 52.9 Å².